The van der Waals surface area contributed by atoms with Gasteiger partial charge in [-0.25, -0.2) is 8.78 Å². The van der Waals surface area contributed by atoms with Crippen LogP contribution in [0.3, 0.4) is 0 Å². The summed E-state index contributed by atoms with van der Waals surface area (Å²) in [7, 11) is 0. The van der Waals surface area contributed by atoms with Crippen molar-refractivity contribution < 1.29 is 8.78 Å². The number of hydrogen-bond acceptors (Lipinski definition) is 3. The minimum Gasteiger partial charge on any atom is -0.314 e. The molecule has 0 amide bonds. The Balaban J connectivity index is 0.00000180. The van der Waals surface area contributed by atoms with E-state index in [2.05, 4.69) is 5.32 Å². The zero-order valence-corrected chi connectivity index (χ0v) is 12.4. The lowest BCUT2D eigenvalue weighted by Gasteiger charge is -2.34. The lowest BCUT2D eigenvalue weighted by Crippen LogP contribution is -2.47. The Morgan fingerprint density at radius 2 is 1.75 bits per heavy atom. The van der Waals surface area contributed by atoms with Gasteiger partial charge in [0.25, 0.3) is 6.43 Å². The summed E-state index contributed by atoms with van der Waals surface area (Å²) in [5, 5.41) is 12.2. The molecule has 0 bridgehead atoms. The molecule has 7 heteroatoms. The van der Waals surface area contributed by atoms with Gasteiger partial charge in [0.15, 0.2) is 0 Å². The Bertz CT molecular complexity index is 445. The van der Waals surface area contributed by atoms with Crippen LogP contribution in [0.1, 0.15) is 17.2 Å². The second-order valence-corrected chi connectivity index (χ2v) is 4.26. The highest BCUT2D eigenvalue weighted by molar-refractivity contribution is 5.85. The molecule has 0 aromatic heterocycles. The van der Waals surface area contributed by atoms with Gasteiger partial charge in [-0.3, -0.25) is 4.90 Å². The summed E-state index contributed by atoms with van der Waals surface area (Å²) in [5.74, 6) is 0. The maximum atomic E-state index is 13.3. The molecule has 0 spiro atoms. The molecule has 1 aromatic carbocycles. The van der Waals surface area contributed by atoms with Gasteiger partial charge in [0.2, 0.25) is 0 Å². The van der Waals surface area contributed by atoms with Crippen LogP contribution in [-0.4, -0.2) is 37.5 Å². The van der Waals surface area contributed by atoms with E-state index in [4.69, 9.17) is 5.26 Å². The van der Waals surface area contributed by atoms with Crippen LogP contribution in [0, 0.1) is 11.3 Å². The molecule has 0 aliphatic carbocycles. The largest absolute Gasteiger partial charge is 0.314 e. The molecule has 1 aromatic rings. The first-order chi connectivity index (χ1) is 8.74. The van der Waals surface area contributed by atoms with Crippen molar-refractivity contribution in [3.05, 3.63) is 35.4 Å². The van der Waals surface area contributed by atoms with E-state index in [1.807, 2.05) is 6.07 Å². The van der Waals surface area contributed by atoms with Crippen molar-refractivity contribution in [2.24, 2.45) is 0 Å². The smallest absolute Gasteiger partial charge is 0.258 e. The molecule has 3 nitrogen and oxygen atoms in total. The minimum absolute atomic E-state index is 0. The van der Waals surface area contributed by atoms with E-state index in [9.17, 15) is 8.78 Å². The lowest BCUT2D eigenvalue weighted by molar-refractivity contribution is 0.0180. The fraction of sp³-hybridized carbons (Fsp3) is 0.462. The standard InChI is InChI=1S/C13H15F2N3.2ClH/c14-13(15)12(18-7-5-17-6-8-18)11-4-2-1-3-10(11)9-16;;/h1-4,12-13,17H,5-8H2;2*1H/t12-;;/m0../s1. The van der Waals surface area contributed by atoms with E-state index in [0.717, 1.165) is 0 Å². The molecule has 20 heavy (non-hydrogen) atoms. The van der Waals surface area contributed by atoms with Gasteiger partial charge in [0.05, 0.1) is 17.7 Å². The van der Waals surface area contributed by atoms with Gasteiger partial charge in [0.1, 0.15) is 0 Å². The number of nitrogens with one attached hydrogen (secondary N) is 1. The predicted molar refractivity (Wildman–Crippen MR) is 78.8 cm³/mol. The Kier molecular flexibility index (Phi) is 8.67. The number of hydrogen-bond donors (Lipinski definition) is 1. The van der Waals surface area contributed by atoms with Gasteiger partial charge < -0.3 is 5.32 Å². The monoisotopic (exact) mass is 323 g/mol. The molecule has 1 aliphatic heterocycles. The number of nitriles is 1. The fourth-order valence-corrected chi connectivity index (χ4v) is 2.31. The molecule has 1 saturated heterocycles. The first kappa shape index (κ1) is 19.1. The van der Waals surface area contributed by atoms with Crippen LogP contribution in [-0.2, 0) is 0 Å². The molecule has 1 N–H and O–H groups in total. The molecule has 0 unspecified atom stereocenters. The number of rotatable bonds is 3. The summed E-state index contributed by atoms with van der Waals surface area (Å²) in [6, 6.07) is 7.62. The van der Waals surface area contributed by atoms with E-state index >= 15 is 0 Å². The Hall–Kier alpha value is -0.930. The maximum absolute atomic E-state index is 13.3. The molecule has 2 rings (SSSR count). The van der Waals surface area contributed by atoms with Crippen molar-refractivity contribution in [1.29, 1.82) is 5.26 Å². The second kappa shape index (κ2) is 9.09. The van der Waals surface area contributed by atoms with Gasteiger partial charge in [-0.15, -0.1) is 24.8 Å². The Labute approximate surface area is 129 Å². The van der Waals surface area contributed by atoms with Gasteiger partial charge in [-0.1, -0.05) is 18.2 Å². The van der Waals surface area contributed by atoms with Crippen molar-refractivity contribution >= 4 is 24.8 Å². The molecule has 1 atom stereocenters. The Morgan fingerprint density at radius 3 is 2.30 bits per heavy atom. The first-order valence-electron chi connectivity index (χ1n) is 5.96. The lowest BCUT2D eigenvalue weighted by atomic mass is 9.99. The topological polar surface area (TPSA) is 39.1 Å². The summed E-state index contributed by atoms with van der Waals surface area (Å²) in [6.45, 7) is 2.57. The molecule has 112 valence electrons. The van der Waals surface area contributed by atoms with E-state index in [-0.39, 0.29) is 24.8 Å². The summed E-state index contributed by atoms with van der Waals surface area (Å²) >= 11 is 0. The minimum atomic E-state index is -2.49. The third kappa shape index (κ3) is 4.29. The summed E-state index contributed by atoms with van der Waals surface area (Å²) in [4.78, 5) is 1.75. The zero-order valence-electron chi connectivity index (χ0n) is 10.8. The molecule has 1 aliphatic rings. The highest BCUT2D eigenvalue weighted by Crippen LogP contribution is 2.29. The van der Waals surface area contributed by atoms with Crippen LogP contribution in [0.2, 0.25) is 0 Å². The van der Waals surface area contributed by atoms with Crippen LogP contribution in [0.4, 0.5) is 8.78 Å². The van der Waals surface area contributed by atoms with Crippen molar-refractivity contribution in [3.8, 4) is 6.07 Å². The van der Waals surface area contributed by atoms with E-state index in [1.54, 1.807) is 29.2 Å². The number of halogens is 4. The second-order valence-electron chi connectivity index (χ2n) is 4.26. The van der Waals surface area contributed by atoms with Crippen LogP contribution in [0.5, 0.6) is 0 Å². The van der Waals surface area contributed by atoms with Crippen molar-refractivity contribution in [1.82, 2.24) is 10.2 Å². The van der Waals surface area contributed by atoms with E-state index < -0.39 is 12.5 Å². The van der Waals surface area contributed by atoms with Crippen LogP contribution < -0.4 is 5.32 Å². The normalized spacial score (nSPS) is 16.7. The molecule has 0 saturated carbocycles. The molecular weight excluding hydrogens is 307 g/mol. The van der Waals surface area contributed by atoms with Crippen molar-refractivity contribution in [2.45, 2.75) is 12.5 Å². The molecule has 0 radical (unpaired) electrons. The van der Waals surface area contributed by atoms with Gasteiger partial charge in [0, 0.05) is 26.2 Å². The predicted octanol–water partition coefficient (Wildman–Crippen LogP) is 2.61. The maximum Gasteiger partial charge on any atom is 0.258 e. The van der Waals surface area contributed by atoms with Gasteiger partial charge in [-0.2, -0.15) is 5.26 Å². The van der Waals surface area contributed by atoms with Crippen molar-refractivity contribution in [3.63, 3.8) is 0 Å². The first-order valence-corrected chi connectivity index (χ1v) is 5.96. The highest BCUT2D eigenvalue weighted by atomic mass is 35.5. The zero-order chi connectivity index (χ0) is 13.0. The van der Waals surface area contributed by atoms with Gasteiger partial charge in [-0.05, 0) is 11.6 Å². The third-order valence-corrected chi connectivity index (χ3v) is 3.18. The number of nitrogens with zero attached hydrogens (tertiary/aromatic N) is 2. The summed E-state index contributed by atoms with van der Waals surface area (Å²) < 4.78 is 26.6. The fourth-order valence-electron chi connectivity index (χ4n) is 2.31. The van der Waals surface area contributed by atoms with E-state index in [0.29, 0.717) is 37.3 Å². The number of benzene rings is 1. The summed E-state index contributed by atoms with van der Waals surface area (Å²) in [6.07, 6.45) is -2.49. The molecule has 1 fully saturated rings. The highest BCUT2D eigenvalue weighted by Gasteiger charge is 2.31. The quantitative estimate of drug-likeness (QED) is 0.929. The van der Waals surface area contributed by atoms with Crippen molar-refractivity contribution in [2.75, 3.05) is 26.2 Å². The van der Waals surface area contributed by atoms with Gasteiger partial charge >= 0.3 is 0 Å². The Morgan fingerprint density at radius 1 is 1.15 bits per heavy atom. The van der Waals surface area contributed by atoms with Crippen LogP contribution in [0.25, 0.3) is 0 Å². The molecular formula is C13H17Cl2F2N3. The SMILES string of the molecule is Cl.Cl.N#Cc1ccccc1[C@@H](C(F)F)N1CCNCC1. The third-order valence-electron chi connectivity index (χ3n) is 3.18. The number of piperazine rings is 1. The average molecular weight is 324 g/mol. The number of alkyl halides is 2. The van der Waals surface area contributed by atoms with Crippen LogP contribution in [0.15, 0.2) is 24.3 Å². The average Bonchev–Trinajstić information content (AvgIpc) is 2.40. The summed E-state index contributed by atoms with van der Waals surface area (Å²) in [5.41, 5.74) is 0.762. The van der Waals surface area contributed by atoms with Crippen LogP contribution >= 0.6 is 24.8 Å². The molecule has 1 heterocycles. The van der Waals surface area contributed by atoms with E-state index in [1.165, 1.54) is 0 Å².